The summed E-state index contributed by atoms with van der Waals surface area (Å²) in [6.07, 6.45) is 0. The minimum Gasteiger partial charge on any atom is -0.491 e. The van der Waals surface area contributed by atoms with Gasteiger partial charge in [0.15, 0.2) is 0 Å². The van der Waals surface area contributed by atoms with Crippen LogP contribution >= 0.6 is 0 Å². The lowest BCUT2D eigenvalue weighted by Gasteiger charge is -2.19. The Bertz CT molecular complexity index is 383. The second-order valence-electron chi connectivity index (χ2n) is 4.75. The number of nitrogen functional groups attached to an aromatic ring is 1. The molecule has 0 radical (unpaired) electrons. The molecule has 0 aromatic heterocycles. The lowest BCUT2D eigenvalue weighted by atomic mass is 10.2. The second-order valence-corrected chi connectivity index (χ2v) is 4.75. The zero-order valence-electron chi connectivity index (χ0n) is 10.6. The Labute approximate surface area is 102 Å². The van der Waals surface area contributed by atoms with Crippen LogP contribution in [0.2, 0.25) is 0 Å². The van der Waals surface area contributed by atoms with Crippen LogP contribution in [-0.2, 0) is 4.74 Å². The van der Waals surface area contributed by atoms with Crippen LogP contribution in [0.1, 0.15) is 26.3 Å². The molecule has 0 aliphatic rings. The molecule has 3 N–H and O–H groups in total. The van der Waals surface area contributed by atoms with Crippen LogP contribution in [0.25, 0.3) is 0 Å². The number of benzene rings is 1. The Morgan fingerprint density at radius 1 is 1.29 bits per heavy atom. The molecule has 0 atom stereocenters. The first kappa shape index (κ1) is 13.5. The molecule has 1 aromatic carbocycles. The molecule has 4 heteroatoms. The summed E-state index contributed by atoms with van der Waals surface area (Å²) in [6, 6.07) is 7.18. The van der Waals surface area contributed by atoms with Crippen LogP contribution < -0.4 is 10.5 Å². The van der Waals surface area contributed by atoms with Gasteiger partial charge in [0, 0.05) is 5.56 Å². The quantitative estimate of drug-likeness (QED) is 0.467. The zero-order chi connectivity index (χ0) is 12.9. The summed E-state index contributed by atoms with van der Waals surface area (Å²) in [5.41, 5.74) is 5.92. The van der Waals surface area contributed by atoms with Gasteiger partial charge in [-0.2, -0.15) is 0 Å². The molecule has 0 fully saturated rings. The van der Waals surface area contributed by atoms with Crippen LogP contribution in [0.3, 0.4) is 0 Å². The number of hydrogen-bond acceptors (Lipinski definition) is 3. The molecular weight excluding hydrogens is 216 g/mol. The van der Waals surface area contributed by atoms with Crippen LogP contribution in [0.5, 0.6) is 5.75 Å². The third-order valence-electron chi connectivity index (χ3n) is 2.03. The molecular formula is C13H20N2O2. The Balaban J connectivity index is 2.42. The maximum absolute atomic E-state index is 7.32. The van der Waals surface area contributed by atoms with Crippen molar-refractivity contribution in [2.24, 2.45) is 5.73 Å². The van der Waals surface area contributed by atoms with E-state index in [9.17, 15) is 0 Å². The van der Waals surface area contributed by atoms with Crippen molar-refractivity contribution < 1.29 is 9.47 Å². The molecule has 0 aliphatic heterocycles. The molecule has 4 nitrogen and oxygen atoms in total. The highest BCUT2D eigenvalue weighted by Gasteiger charge is 2.09. The molecule has 0 heterocycles. The summed E-state index contributed by atoms with van der Waals surface area (Å²) >= 11 is 0. The molecule has 17 heavy (non-hydrogen) atoms. The average molecular weight is 236 g/mol. The van der Waals surface area contributed by atoms with Gasteiger partial charge in [-0.15, -0.1) is 0 Å². The van der Waals surface area contributed by atoms with Gasteiger partial charge in [-0.3, -0.25) is 5.41 Å². The van der Waals surface area contributed by atoms with E-state index in [0.717, 1.165) is 0 Å². The highest BCUT2D eigenvalue weighted by molar-refractivity contribution is 5.95. The van der Waals surface area contributed by atoms with E-state index in [2.05, 4.69) is 0 Å². The van der Waals surface area contributed by atoms with Gasteiger partial charge >= 0.3 is 0 Å². The first-order valence-corrected chi connectivity index (χ1v) is 5.60. The van der Waals surface area contributed by atoms with Gasteiger partial charge < -0.3 is 15.2 Å². The predicted molar refractivity (Wildman–Crippen MR) is 68.7 cm³/mol. The zero-order valence-corrected chi connectivity index (χ0v) is 10.6. The smallest absolute Gasteiger partial charge is 0.122 e. The molecule has 1 rings (SSSR count). The van der Waals surface area contributed by atoms with Crippen molar-refractivity contribution in [2.75, 3.05) is 13.2 Å². The van der Waals surface area contributed by atoms with Gasteiger partial charge in [-0.05, 0) is 32.9 Å². The first-order chi connectivity index (χ1) is 7.88. The number of nitrogens with two attached hydrogens (primary N) is 1. The summed E-state index contributed by atoms with van der Waals surface area (Å²) in [7, 11) is 0. The fourth-order valence-electron chi connectivity index (χ4n) is 1.26. The van der Waals surface area contributed by atoms with E-state index in [-0.39, 0.29) is 11.4 Å². The van der Waals surface area contributed by atoms with E-state index in [0.29, 0.717) is 24.5 Å². The maximum Gasteiger partial charge on any atom is 0.122 e. The van der Waals surface area contributed by atoms with Crippen molar-refractivity contribution in [3.63, 3.8) is 0 Å². The molecule has 0 spiro atoms. The minimum atomic E-state index is -0.148. The molecule has 0 bridgehead atoms. The minimum absolute atomic E-state index is 0.0430. The van der Waals surface area contributed by atoms with Crippen LogP contribution in [0.4, 0.5) is 0 Å². The molecule has 0 saturated carbocycles. The van der Waals surface area contributed by atoms with Crippen LogP contribution in [0.15, 0.2) is 24.3 Å². The van der Waals surface area contributed by atoms with Gasteiger partial charge in [0.2, 0.25) is 0 Å². The predicted octanol–water partition coefficient (Wildman–Crippen LogP) is 2.16. The average Bonchev–Trinajstić information content (AvgIpc) is 2.23. The fraction of sp³-hybridized carbons (Fsp3) is 0.462. The summed E-state index contributed by atoms with van der Waals surface area (Å²) in [5.74, 6) is 0.747. The van der Waals surface area contributed by atoms with E-state index < -0.39 is 0 Å². The number of ether oxygens (including phenoxy) is 2. The molecule has 1 aromatic rings. The van der Waals surface area contributed by atoms with Crippen molar-refractivity contribution in [1.82, 2.24) is 0 Å². The van der Waals surface area contributed by atoms with Crippen molar-refractivity contribution >= 4 is 5.84 Å². The normalized spacial score (nSPS) is 11.2. The summed E-state index contributed by atoms with van der Waals surface area (Å²) in [6.45, 7) is 7.03. The third kappa shape index (κ3) is 5.36. The van der Waals surface area contributed by atoms with E-state index >= 15 is 0 Å². The van der Waals surface area contributed by atoms with Crippen LogP contribution in [0, 0.1) is 5.41 Å². The van der Waals surface area contributed by atoms with E-state index in [4.69, 9.17) is 20.6 Å². The Hall–Kier alpha value is -1.55. The molecule has 0 aliphatic carbocycles. The first-order valence-electron chi connectivity index (χ1n) is 5.60. The Morgan fingerprint density at radius 3 is 2.59 bits per heavy atom. The van der Waals surface area contributed by atoms with Gasteiger partial charge in [0.25, 0.3) is 0 Å². The molecule has 0 amide bonds. The standard InChI is InChI=1S/C13H20N2O2/c1-13(2,3)17-8-7-16-11-6-4-5-10(9-11)12(14)15/h4-6,9H,7-8H2,1-3H3,(H3,14,15). The van der Waals surface area contributed by atoms with E-state index in [1.807, 2.05) is 32.9 Å². The lowest BCUT2D eigenvalue weighted by molar-refractivity contribution is -0.0163. The topological polar surface area (TPSA) is 68.3 Å². The highest BCUT2D eigenvalue weighted by Crippen LogP contribution is 2.13. The molecule has 0 saturated heterocycles. The van der Waals surface area contributed by atoms with Gasteiger partial charge in [-0.25, -0.2) is 0 Å². The van der Waals surface area contributed by atoms with Crippen molar-refractivity contribution in [3.8, 4) is 5.75 Å². The maximum atomic E-state index is 7.32. The highest BCUT2D eigenvalue weighted by atomic mass is 16.5. The summed E-state index contributed by atoms with van der Waals surface area (Å²) in [4.78, 5) is 0. The number of rotatable bonds is 5. The summed E-state index contributed by atoms with van der Waals surface area (Å²) in [5, 5.41) is 7.32. The van der Waals surface area contributed by atoms with Gasteiger partial charge in [-0.1, -0.05) is 12.1 Å². The van der Waals surface area contributed by atoms with Gasteiger partial charge in [0.05, 0.1) is 12.2 Å². The molecule has 0 unspecified atom stereocenters. The van der Waals surface area contributed by atoms with E-state index in [1.165, 1.54) is 0 Å². The van der Waals surface area contributed by atoms with Crippen molar-refractivity contribution in [1.29, 1.82) is 5.41 Å². The van der Waals surface area contributed by atoms with E-state index in [1.54, 1.807) is 12.1 Å². The third-order valence-corrected chi connectivity index (χ3v) is 2.03. The number of hydrogen-bond donors (Lipinski definition) is 2. The lowest BCUT2D eigenvalue weighted by Crippen LogP contribution is -2.22. The number of amidine groups is 1. The van der Waals surface area contributed by atoms with Gasteiger partial charge in [0.1, 0.15) is 18.2 Å². The fourth-order valence-corrected chi connectivity index (χ4v) is 1.26. The Kier molecular flexibility index (Phi) is 4.52. The summed E-state index contributed by atoms with van der Waals surface area (Å²) < 4.78 is 11.1. The van der Waals surface area contributed by atoms with Crippen LogP contribution in [-0.4, -0.2) is 24.7 Å². The Morgan fingerprint density at radius 2 is 2.00 bits per heavy atom. The van der Waals surface area contributed by atoms with Crippen molar-refractivity contribution in [2.45, 2.75) is 26.4 Å². The monoisotopic (exact) mass is 236 g/mol. The van der Waals surface area contributed by atoms with Crippen molar-refractivity contribution in [3.05, 3.63) is 29.8 Å². The SMILES string of the molecule is CC(C)(C)OCCOc1cccc(C(=N)N)c1. The second kappa shape index (κ2) is 5.68. The molecule has 94 valence electrons. The number of nitrogens with one attached hydrogen (secondary N) is 1. The largest absolute Gasteiger partial charge is 0.491 e.